The zero-order valence-corrected chi connectivity index (χ0v) is 17.2. The number of amides is 1. The summed E-state index contributed by atoms with van der Waals surface area (Å²) in [5, 5.41) is 6.23. The van der Waals surface area contributed by atoms with Gasteiger partial charge in [0.25, 0.3) is 0 Å². The third-order valence-electron chi connectivity index (χ3n) is 5.44. The van der Waals surface area contributed by atoms with Gasteiger partial charge in [0.1, 0.15) is 0 Å². The Labute approximate surface area is 178 Å². The molecule has 4 aromatic rings. The zero-order valence-electron chi connectivity index (χ0n) is 16.4. The lowest BCUT2D eigenvalue weighted by Gasteiger charge is -2.39. The van der Waals surface area contributed by atoms with Crippen molar-refractivity contribution in [3.8, 4) is 11.4 Å². The maximum absolute atomic E-state index is 13.0. The number of aromatic nitrogens is 3. The van der Waals surface area contributed by atoms with Crippen molar-refractivity contribution in [2.75, 3.05) is 4.90 Å². The summed E-state index contributed by atoms with van der Waals surface area (Å²) >= 11 is 1.64. The van der Waals surface area contributed by atoms with Crippen LogP contribution < -0.4 is 4.90 Å². The summed E-state index contributed by atoms with van der Waals surface area (Å²) < 4.78 is 5.71. The number of pyridine rings is 1. The Hall–Kier alpha value is -3.32. The Balaban J connectivity index is 1.56. The SMILES string of the molecule is Cc1ccc(N2C(=O)CC[C@H](c3nc(-c4ccncc4)no3)[C@@H]2c2cccs2)cc1. The van der Waals surface area contributed by atoms with Gasteiger partial charge in [-0.25, -0.2) is 0 Å². The Morgan fingerprint density at radius 2 is 1.90 bits per heavy atom. The van der Waals surface area contributed by atoms with Gasteiger partial charge in [-0.3, -0.25) is 9.78 Å². The number of rotatable bonds is 4. The normalized spacial score (nSPS) is 19.2. The van der Waals surface area contributed by atoms with Crippen molar-refractivity contribution < 1.29 is 9.32 Å². The van der Waals surface area contributed by atoms with Crippen LogP contribution in [0.3, 0.4) is 0 Å². The average molecular weight is 417 g/mol. The molecule has 1 saturated heterocycles. The first kappa shape index (κ1) is 18.7. The number of aryl methyl sites for hydroxylation is 1. The van der Waals surface area contributed by atoms with Gasteiger partial charge in [0.05, 0.1) is 12.0 Å². The smallest absolute Gasteiger partial charge is 0.232 e. The van der Waals surface area contributed by atoms with Gasteiger partial charge in [0.15, 0.2) is 0 Å². The van der Waals surface area contributed by atoms with Crippen molar-refractivity contribution in [1.82, 2.24) is 15.1 Å². The number of carbonyl (C=O) groups is 1. The number of anilines is 1. The maximum Gasteiger partial charge on any atom is 0.232 e. The molecule has 1 fully saturated rings. The summed E-state index contributed by atoms with van der Waals surface area (Å²) in [6.07, 6.45) is 4.52. The summed E-state index contributed by atoms with van der Waals surface area (Å²) in [5.41, 5.74) is 2.91. The first-order valence-corrected chi connectivity index (χ1v) is 10.7. The van der Waals surface area contributed by atoms with E-state index in [0.29, 0.717) is 24.6 Å². The molecule has 1 aliphatic heterocycles. The monoisotopic (exact) mass is 416 g/mol. The van der Waals surface area contributed by atoms with Crippen LogP contribution in [0.2, 0.25) is 0 Å². The second kappa shape index (κ2) is 7.84. The molecule has 1 aromatic carbocycles. The van der Waals surface area contributed by atoms with E-state index in [-0.39, 0.29) is 17.9 Å². The van der Waals surface area contributed by atoms with Crippen molar-refractivity contribution >= 4 is 22.9 Å². The predicted molar refractivity (Wildman–Crippen MR) is 115 cm³/mol. The molecule has 0 bridgehead atoms. The minimum atomic E-state index is -0.181. The zero-order chi connectivity index (χ0) is 20.5. The lowest BCUT2D eigenvalue weighted by molar-refractivity contribution is -0.120. The van der Waals surface area contributed by atoms with E-state index < -0.39 is 0 Å². The van der Waals surface area contributed by atoms with Crippen LogP contribution in [0.4, 0.5) is 5.69 Å². The molecule has 1 amide bonds. The highest BCUT2D eigenvalue weighted by atomic mass is 32.1. The van der Waals surface area contributed by atoms with Gasteiger partial charge in [-0.1, -0.05) is 28.9 Å². The third kappa shape index (κ3) is 3.41. The highest BCUT2D eigenvalue weighted by molar-refractivity contribution is 7.10. The molecule has 0 radical (unpaired) electrons. The standard InChI is InChI=1S/C23H20N4O2S/c1-15-4-6-17(7-5-15)27-20(28)9-8-18(21(27)19-3-2-14-30-19)23-25-22(26-29-23)16-10-12-24-13-11-16/h2-7,10-14,18,21H,8-9H2,1H3/t18-,21+/m0/s1. The Morgan fingerprint density at radius 3 is 2.63 bits per heavy atom. The Kier molecular flexibility index (Phi) is 4.88. The number of thiophene rings is 1. The van der Waals surface area contributed by atoms with E-state index in [0.717, 1.165) is 21.7 Å². The van der Waals surface area contributed by atoms with Gasteiger partial charge in [0, 0.05) is 34.9 Å². The van der Waals surface area contributed by atoms with Crippen LogP contribution in [0.5, 0.6) is 0 Å². The van der Waals surface area contributed by atoms with Crippen LogP contribution in [0.25, 0.3) is 11.4 Å². The fourth-order valence-corrected chi connectivity index (χ4v) is 4.83. The second-order valence-electron chi connectivity index (χ2n) is 7.40. The second-order valence-corrected chi connectivity index (χ2v) is 8.38. The van der Waals surface area contributed by atoms with Gasteiger partial charge < -0.3 is 9.42 Å². The molecule has 30 heavy (non-hydrogen) atoms. The summed E-state index contributed by atoms with van der Waals surface area (Å²) in [5.74, 6) is 1.13. The van der Waals surface area contributed by atoms with Crippen molar-refractivity contribution in [2.24, 2.45) is 0 Å². The van der Waals surface area contributed by atoms with Crippen LogP contribution in [0.15, 0.2) is 70.8 Å². The predicted octanol–water partition coefficient (Wildman–Crippen LogP) is 5.15. The van der Waals surface area contributed by atoms with Crippen molar-refractivity contribution in [2.45, 2.75) is 31.7 Å². The van der Waals surface area contributed by atoms with E-state index in [1.807, 2.05) is 59.7 Å². The van der Waals surface area contributed by atoms with Crippen molar-refractivity contribution in [3.63, 3.8) is 0 Å². The van der Waals surface area contributed by atoms with Crippen molar-refractivity contribution in [1.29, 1.82) is 0 Å². The minimum Gasteiger partial charge on any atom is -0.339 e. The molecular formula is C23H20N4O2S. The molecular weight excluding hydrogens is 396 g/mol. The molecule has 0 spiro atoms. The lowest BCUT2D eigenvalue weighted by atomic mass is 9.87. The molecule has 5 rings (SSSR count). The molecule has 150 valence electrons. The topological polar surface area (TPSA) is 72.1 Å². The number of hydrogen-bond acceptors (Lipinski definition) is 6. The molecule has 2 atom stereocenters. The number of hydrogen-bond donors (Lipinski definition) is 0. The summed E-state index contributed by atoms with van der Waals surface area (Å²) in [7, 11) is 0. The number of piperidine rings is 1. The molecule has 0 unspecified atom stereocenters. The first-order valence-electron chi connectivity index (χ1n) is 9.87. The fraction of sp³-hybridized carbons (Fsp3) is 0.217. The van der Waals surface area contributed by atoms with E-state index in [9.17, 15) is 4.79 Å². The largest absolute Gasteiger partial charge is 0.339 e. The highest BCUT2D eigenvalue weighted by Crippen LogP contribution is 2.46. The molecule has 4 heterocycles. The van der Waals surface area contributed by atoms with E-state index in [2.05, 4.69) is 16.2 Å². The number of carbonyl (C=O) groups excluding carboxylic acids is 1. The Bertz CT molecular complexity index is 1140. The average Bonchev–Trinajstić information content (AvgIpc) is 3.47. The molecule has 0 N–H and O–H groups in total. The lowest BCUT2D eigenvalue weighted by Crippen LogP contribution is -2.42. The maximum atomic E-state index is 13.0. The van der Waals surface area contributed by atoms with Gasteiger partial charge in [-0.15, -0.1) is 11.3 Å². The first-order chi connectivity index (χ1) is 14.7. The molecule has 0 aliphatic carbocycles. The molecule has 7 heteroatoms. The van der Waals surface area contributed by atoms with Gasteiger partial charge in [0.2, 0.25) is 17.6 Å². The summed E-state index contributed by atoms with van der Waals surface area (Å²) in [4.78, 5) is 24.8. The quantitative estimate of drug-likeness (QED) is 0.460. The van der Waals surface area contributed by atoms with E-state index in [1.54, 1.807) is 23.7 Å². The van der Waals surface area contributed by atoms with E-state index >= 15 is 0 Å². The van der Waals surface area contributed by atoms with Gasteiger partial charge >= 0.3 is 0 Å². The van der Waals surface area contributed by atoms with Gasteiger partial charge in [-0.2, -0.15) is 4.98 Å². The molecule has 1 aliphatic rings. The summed E-state index contributed by atoms with van der Waals surface area (Å²) in [6, 6.07) is 15.7. The molecule has 6 nitrogen and oxygen atoms in total. The number of benzene rings is 1. The van der Waals surface area contributed by atoms with Crippen molar-refractivity contribution in [3.05, 3.63) is 82.6 Å². The van der Waals surface area contributed by atoms with Crippen LogP contribution in [-0.2, 0) is 4.79 Å². The number of nitrogens with zero attached hydrogens (tertiary/aromatic N) is 4. The molecule has 0 saturated carbocycles. The van der Waals surface area contributed by atoms with Crippen LogP contribution in [0.1, 0.15) is 41.1 Å². The van der Waals surface area contributed by atoms with Crippen LogP contribution in [0, 0.1) is 6.92 Å². The molecule has 3 aromatic heterocycles. The van der Waals surface area contributed by atoms with E-state index in [1.165, 1.54) is 0 Å². The van der Waals surface area contributed by atoms with E-state index in [4.69, 9.17) is 9.51 Å². The third-order valence-corrected chi connectivity index (χ3v) is 6.38. The Morgan fingerprint density at radius 1 is 1.10 bits per heavy atom. The van der Waals surface area contributed by atoms with Crippen LogP contribution in [-0.4, -0.2) is 21.0 Å². The summed E-state index contributed by atoms with van der Waals surface area (Å²) in [6.45, 7) is 2.04. The fourth-order valence-electron chi connectivity index (χ4n) is 3.95. The minimum absolute atomic E-state index is 0.0780. The van der Waals surface area contributed by atoms with Gasteiger partial charge in [-0.05, 0) is 49.1 Å². The highest BCUT2D eigenvalue weighted by Gasteiger charge is 2.42. The van der Waals surface area contributed by atoms with Crippen LogP contribution >= 0.6 is 11.3 Å².